The molecule has 1 aliphatic rings. The average Bonchev–Trinajstić information content (AvgIpc) is 2.44. The highest BCUT2D eigenvalue weighted by Crippen LogP contribution is 2.19. The van der Waals surface area contributed by atoms with Crippen LogP contribution >= 0.6 is 0 Å². The number of benzene rings is 1. The third-order valence-electron chi connectivity index (χ3n) is 3.18. The quantitative estimate of drug-likeness (QED) is 0.436. The Morgan fingerprint density at radius 1 is 1.26 bits per heavy atom. The third kappa shape index (κ3) is 4.09. The Hall–Kier alpha value is -1.83. The molecule has 2 rings (SSSR count). The number of carbonyl (C=O) groups excluding carboxylic acids is 1. The summed E-state index contributed by atoms with van der Waals surface area (Å²) in [4.78, 5) is 11.4. The zero-order chi connectivity index (χ0) is 13.5. The standard InChI is InChI=1S/C17H18O2/c1-19-17(18)13-14-8-4-2-3-5-9-15-10-6-7-11-16(15)12-14/h2,4,6-7,10-11,13H,3,8-9,12H2,1H3/b4-2-,14-13?. The van der Waals surface area contributed by atoms with Crippen molar-refractivity contribution in [1.82, 2.24) is 0 Å². The highest BCUT2D eigenvalue weighted by Gasteiger charge is 2.08. The van der Waals surface area contributed by atoms with E-state index in [2.05, 4.69) is 30.7 Å². The van der Waals surface area contributed by atoms with Crippen LogP contribution < -0.4 is 0 Å². The lowest BCUT2D eigenvalue weighted by Gasteiger charge is -2.12. The molecule has 19 heavy (non-hydrogen) atoms. The van der Waals surface area contributed by atoms with Crippen LogP contribution in [0.25, 0.3) is 0 Å². The number of esters is 1. The molecular formula is C17H18O2. The average molecular weight is 254 g/mol. The molecule has 0 aliphatic heterocycles. The number of hydrogen-bond donors (Lipinski definition) is 0. The summed E-state index contributed by atoms with van der Waals surface area (Å²) in [7, 11) is 1.41. The van der Waals surface area contributed by atoms with Crippen molar-refractivity contribution in [2.75, 3.05) is 7.11 Å². The van der Waals surface area contributed by atoms with Crippen LogP contribution in [0.3, 0.4) is 0 Å². The number of carbonyl (C=O) groups is 1. The van der Waals surface area contributed by atoms with Crippen LogP contribution in [0.1, 0.15) is 24.0 Å². The molecule has 2 radical (unpaired) electrons. The topological polar surface area (TPSA) is 26.3 Å². The SMILES string of the molecule is COC(=O)C=C1C/C=C\C[C]Cc2ccccc2C1. The van der Waals surface area contributed by atoms with Crippen molar-refractivity contribution in [3.63, 3.8) is 0 Å². The molecule has 0 amide bonds. The lowest BCUT2D eigenvalue weighted by Crippen LogP contribution is -2.02. The molecule has 1 aromatic carbocycles. The lowest BCUT2D eigenvalue weighted by atomic mass is 9.93. The number of fused-ring (bicyclic) bond motifs is 1. The summed E-state index contributed by atoms with van der Waals surface area (Å²) in [6, 6.07) is 8.33. The van der Waals surface area contributed by atoms with Gasteiger partial charge in [-0.05, 0) is 43.2 Å². The predicted octanol–water partition coefficient (Wildman–Crippen LogP) is 3.30. The normalized spacial score (nSPS) is 19.5. The first-order chi connectivity index (χ1) is 9.29. The molecule has 0 N–H and O–H groups in total. The molecule has 0 atom stereocenters. The molecule has 0 heterocycles. The van der Waals surface area contributed by atoms with Crippen molar-refractivity contribution in [1.29, 1.82) is 0 Å². The highest BCUT2D eigenvalue weighted by atomic mass is 16.5. The first kappa shape index (κ1) is 13.6. The van der Waals surface area contributed by atoms with Crippen molar-refractivity contribution in [2.45, 2.75) is 25.7 Å². The molecule has 1 aromatic rings. The van der Waals surface area contributed by atoms with E-state index in [4.69, 9.17) is 4.74 Å². The molecule has 0 fully saturated rings. The number of ether oxygens (including phenoxy) is 1. The molecule has 0 spiro atoms. The van der Waals surface area contributed by atoms with Gasteiger partial charge in [0.2, 0.25) is 0 Å². The maximum Gasteiger partial charge on any atom is 0.330 e. The summed E-state index contributed by atoms with van der Waals surface area (Å²) in [6.07, 6.45) is 12.4. The molecule has 1 aliphatic carbocycles. The second-order valence-corrected chi connectivity index (χ2v) is 4.58. The molecule has 2 nitrogen and oxygen atoms in total. The van der Waals surface area contributed by atoms with Crippen molar-refractivity contribution in [3.05, 3.63) is 65.6 Å². The van der Waals surface area contributed by atoms with Gasteiger partial charge >= 0.3 is 5.97 Å². The maximum absolute atomic E-state index is 11.4. The van der Waals surface area contributed by atoms with Crippen molar-refractivity contribution >= 4 is 5.97 Å². The van der Waals surface area contributed by atoms with Crippen molar-refractivity contribution in [3.8, 4) is 0 Å². The van der Waals surface area contributed by atoms with Gasteiger partial charge in [-0.3, -0.25) is 0 Å². The highest BCUT2D eigenvalue weighted by molar-refractivity contribution is 5.82. The number of hydrogen-bond acceptors (Lipinski definition) is 2. The van der Waals surface area contributed by atoms with Crippen LogP contribution in [-0.2, 0) is 22.4 Å². The Balaban J connectivity index is 2.27. The summed E-state index contributed by atoms with van der Waals surface area (Å²) < 4.78 is 4.72. The van der Waals surface area contributed by atoms with Crippen molar-refractivity contribution in [2.24, 2.45) is 0 Å². The first-order valence-corrected chi connectivity index (χ1v) is 6.49. The van der Waals surface area contributed by atoms with Gasteiger partial charge in [-0.1, -0.05) is 42.0 Å². The number of methoxy groups -OCH3 is 1. The second kappa shape index (κ2) is 6.93. The van der Waals surface area contributed by atoms with Gasteiger partial charge in [-0.2, -0.15) is 0 Å². The smallest absolute Gasteiger partial charge is 0.330 e. The van der Waals surface area contributed by atoms with E-state index in [0.717, 1.165) is 31.3 Å². The summed E-state index contributed by atoms with van der Waals surface area (Å²) in [5, 5.41) is 0. The summed E-state index contributed by atoms with van der Waals surface area (Å²) in [6.45, 7) is 0. The van der Waals surface area contributed by atoms with E-state index in [9.17, 15) is 4.79 Å². The molecule has 2 heteroatoms. The van der Waals surface area contributed by atoms with Gasteiger partial charge in [-0.25, -0.2) is 4.79 Å². The fraction of sp³-hybridized carbons (Fsp3) is 0.294. The summed E-state index contributed by atoms with van der Waals surface area (Å²) in [5.74, 6) is -0.281. The van der Waals surface area contributed by atoms with E-state index in [1.54, 1.807) is 6.08 Å². The zero-order valence-corrected chi connectivity index (χ0v) is 11.2. The summed E-state index contributed by atoms with van der Waals surface area (Å²) in [5.41, 5.74) is 3.63. The summed E-state index contributed by atoms with van der Waals surface area (Å²) >= 11 is 0. The van der Waals surface area contributed by atoms with Crippen LogP contribution in [-0.4, -0.2) is 13.1 Å². The minimum atomic E-state index is -0.281. The molecule has 0 saturated carbocycles. The van der Waals surface area contributed by atoms with Gasteiger partial charge in [0.05, 0.1) is 7.11 Å². The Bertz CT molecular complexity index is 498. The Labute approximate surface area is 114 Å². The number of allylic oxidation sites excluding steroid dienone is 3. The fourth-order valence-electron chi connectivity index (χ4n) is 2.16. The Kier molecular flexibility index (Phi) is 4.96. The van der Waals surface area contributed by atoms with Crippen molar-refractivity contribution < 1.29 is 9.53 Å². The second-order valence-electron chi connectivity index (χ2n) is 4.58. The molecular weight excluding hydrogens is 236 g/mol. The minimum absolute atomic E-state index is 0.281. The van der Waals surface area contributed by atoms with E-state index in [1.165, 1.54) is 18.2 Å². The van der Waals surface area contributed by atoms with Gasteiger partial charge in [-0.15, -0.1) is 0 Å². The van der Waals surface area contributed by atoms with Crippen LogP contribution in [0.2, 0.25) is 0 Å². The Morgan fingerprint density at radius 2 is 2.05 bits per heavy atom. The van der Waals surface area contributed by atoms with Crippen LogP contribution in [0.15, 0.2) is 48.1 Å². The zero-order valence-electron chi connectivity index (χ0n) is 11.2. The van der Waals surface area contributed by atoms with Crippen LogP contribution in [0.4, 0.5) is 0 Å². The minimum Gasteiger partial charge on any atom is -0.466 e. The number of rotatable bonds is 1. The van der Waals surface area contributed by atoms with Gasteiger partial charge in [0.1, 0.15) is 0 Å². The van der Waals surface area contributed by atoms with Crippen LogP contribution in [0.5, 0.6) is 0 Å². The van der Waals surface area contributed by atoms with Gasteiger partial charge < -0.3 is 4.74 Å². The molecule has 98 valence electrons. The third-order valence-corrected chi connectivity index (χ3v) is 3.18. The maximum atomic E-state index is 11.4. The van der Waals surface area contributed by atoms with E-state index in [0.29, 0.717) is 0 Å². The Morgan fingerprint density at radius 3 is 2.84 bits per heavy atom. The van der Waals surface area contributed by atoms with Gasteiger partial charge in [0.15, 0.2) is 0 Å². The molecule has 0 bridgehead atoms. The largest absolute Gasteiger partial charge is 0.466 e. The van der Waals surface area contributed by atoms with E-state index in [1.807, 2.05) is 12.1 Å². The fourth-order valence-corrected chi connectivity index (χ4v) is 2.16. The molecule has 0 saturated heterocycles. The molecule has 0 unspecified atom stereocenters. The molecule has 0 aromatic heterocycles. The van der Waals surface area contributed by atoms with E-state index >= 15 is 0 Å². The van der Waals surface area contributed by atoms with Gasteiger partial charge in [0, 0.05) is 6.08 Å². The van der Waals surface area contributed by atoms with Crippen LogP contribution in [0, 0.1) is 6.42 Å². The van der Waals surface area contributed by atoms with E-state index < -0.39 is 0 Å². The van der Waals surface area contributed by atoms with Gasteiger partial charge in [0.25, 0.3) is 0 Å². The van der Waals surface area contributed by atoms with E-state index in [-0.39, 0.29) is 5.97 Å². The first-order valence-electron chi connectivity index (χ1n) is 6.49. The predicted molar refractivity (Wildman–Crippen MR) is 75.6 cm³/mol. The lowest BCUT2D eigenvalue weighted by molar-refractivity contribution is -0.134. The monoisotopic (exact) mass is 254 g/mol.